The van der Waals surface area contributed by atoms with Crippen molar-refractivity contribution in [3.8, 4) is 0 Å². The van der Waals surface area contributed by atoms with Gasteiger partial charge in [-0.1, -0.05) is 76.6 Å². The summed E-state index contributed by atoms with van der Waals surface area (Å²) in [5.41, 5.74) is 6.06. The lowest BCUT2D eigenvalue weighted by atomic mass is 10.0. The fourth-order valence-electron chi connectivity index (χ4n) is 3.43. The maximum Gasteiger partial charge on any atom is 0.408 e. The van der Waals surface area contributed by atoms with E-state index in [1.165, 1.54) is 0 Å². The van der Waals surface area contributed by atoms with Gasteiger partial charge < -0.3 is 15.0 Å². The van der Waals surface area contributed by atoms with E-state index in [0.717, 1.165) is 32.1 Å². The van der Waals surface area contributed by atoms with E-state index in [0.29, 0.717) is 0 Å². The second-order valence-electron chi connectivity index (χ2n) is 7.61. The third kappa shape index (κ3) is 6.32. The number of hydrazone groups is 1. The van der Waals surface area contributed by atoms with E-state index >= 15 is 0 Å². The number of fused-ring (bicyclic) bond motifs is 1. The van der Waals surface area contributed by atoms with Gasteiger partial charge in [-0.15, -0.1) is 0 Å². The first-order valence-electron chi connectivity index (χ1n) is 10.7. The first kappa shape index (κ1) is 23.3. The van der Waals surface area contributed by atoms with Crippen molar-refractivity contribution >= 4 is 45.0 Å². The van der Waals surface area contributed by atoms with Crippen LogP contribution in [0.15, 0.2) is 94.6 Å². The van der Waals surface area contributed by atoms with Gasteiger partial charge in [0.2, 0.25) is 0 Å². The minimum Gasteiger partial charge on any atom is -0.445 e. The molecule has 0 fully saturated rings. The average molecular weight is 519 g/mol. The van der Waals surface area contributed by atoms with E-state index in [1.54, 1.807) is 6.21 Å². The zero-order chi connectivity index (χ0) is 23.8. The van der Waals surface area contributed by atoms with E-state index in [2.05, 4.69) is 36.8 Å². The molecule has 7 nitrogen and oxygen atoms in total. The minimum absolute atomic E-state index is 0.107. The van der Waals surface area contributed by atoms with Gasteiger partial charge in [-0.2, -0.15) is 5.10 Å². The molecular weight excluding hydrogens is 496 g/mol. The molecule has 0 aliphatic carbocycles. The van der Waals surface area contributed by atoms with Gasteiger partial charge >= 0.3 is 6.09 Å². The van der Waals surface area contributed by atoms with Crippen LogP contribution in [0, 0.1) is 0 Å². The molecule has 0 aliphatic rings. The van der Waals surface area contributed by atoms with Gasteiger partial charge in [0.1, 0.15) is 12.6 Å². The van der Waals surface area contributed by atoms with Crippen LogP contribution in [0.4, 0.5) is 4.79 Å². The summed E-state index contributed by atoms with van der Waals surface area (Å²) in [7, 11) is 0. The van der Waals surface area contributed by atoms with Gasteiger partial charge in [0.25, 0.3) is 5.91 Å². The maximum atomic E-state index is 12.9. The molecule has 1 heterocycles. The Labute approximate surface area is 205 Å². The topological polar surface area (TPSA) is 95.6 Å². The summed E-state index contributed by atoms with van der Waals surface area (Å²) in [6, 6.07) is 23.7. The zero-order valence-corrected chi connectivity index (χ0v) is 19.8. The number of aromatic amines is 1. The Bertz CT molecular complexity index is 1290. The average Bonchev–Trinajstić information content (AvgIpc) is 3.27. The van der Waals surface area contributed by atoms with E-state index < -0.39 is 18.0 Å². The molecule has 4 rings (SSSR count). The van der Waals surface area contributed by atoms with Crippen LogP contribution >= 0.6 is 15.9 Å². The SMILES string of the molecule is O=C(N[C@H](Cc1c[nH]c2ccccc12)C(=O)N/N=C\c1ccc(Br)cc1)OCc1ccccc1. The number of amides is 2. The number of ether oxygens (including phenoxy) is 1. The van der Waals surface area contributed by atoms with Crippen molar-refractivity contribution in [2.75, 3.05) is 0 Å². The summed E-state index contributed by atoms with van der Waals surface area (Å²) in [6.07, 6.45) is 2.97. The van der Waals surface area contributed by atoms with Crippen LogP contribution in [-0.2, 0) is 22.6 Å². The fourth-order valence-corrected chi connectivity index (χ4v) is 3.70. The Morgan fingerprint density at radius 2 is 1.74 bits per heavy atom. The quantitative estimate of drug-likeness (QED) is 0.228. The van der Waals surface area contributed by atoms with Crippen LogP contribution in [-0.4, -0.2) is 29.2 Å². The van der Waals surface area contributed by atoms with Gasteiger partial charge in [0.05, 0.1) is 6.21 Å². The minimum atomic E-state index is -0.885. The summed E-state index contributed by atoms with van der Waals surface area (Å²) in [6.45, 7) is 0.107. The van der Waals surface area contributed by atoms with Crippen molar-refractivity contribution in [3.05, 3.63) is 106 Å². The molecule has 0 saturated heterocycles. The molecule has 0 saturated carbocycles. The van der Waals surface area contributed by atoms with Crippen molar-refractivity contribution < 1.29 is 14.3 Å². The standard InChI is InChI=1S/C26H23BrN4O3/c27-21-12-10-18(11-13-21)15-29-31-25(32)24(14-20-16-28-23-9-5-4-8-22(20)23)30-26(33)34-17-19-6-2-1-3-7-19/h1-13,15-16,24,28H,14,17H2,(H,30,33)(H,31,32)/b29-15-/t24-/m1/s1. The number of carbonyl (C=O) groups is 2. The van der Waals surface area contributed by atoms with E-state index in [4.69, 9.17) is 4.74 Å². The number of benzene rings is 3. The zero-order valence-electron chi connectivity index (χ0n) is 18.2. The molecule has 1 aromatic heterocycles. The number of alkyl carbamates (subject to hydrolysis) is 1. The molecule has 34 heavy (non-hydrogen) atoms. The Kier molecular flexibility index (Phi) is 7.72. The van der Waals surface area contributed by atoms with Gasteiger partial charge in [-0.25, -0.2) is 10.2 Å². The fraction of sp³-hybridized carbons (Fsp3) is 0.115. The largest absolute Gasteiger partial charge is 0.445 e. The predicted octanol–water partition coefficient (Wildman–Crippen LogP) is 4.92. The van der Waals surface area contributed by atoms with E-state index in [9.17, 15) is 9.59 Å². The number of nitrogens with zero attached hydrogens (tertiary/aromatic N) is 1. The molecule has 4 aromatic rings. The lowest BCUT2D eigenvalue weighted by Gasteiger charge is -2.17. The van der Waals surface area contributed by atoms with Gasteiger partial charge in [0, 0.05) is 28.0 Å². The molecule has 2 amide bonds. The summed E-state index contributed by atoms with van der Waals surface area (Å²) in [5, 5.41) is 7.71. The second kappa shape index (κ2) is 11.3. The number of H-pyrrole nitrogens is 1. The van der Waals surface area contributed by atoms with Gasteiger partial charge in [0.15, 0.2) is 0 Å². The molecule has 0 radical (unpaired) electrons. The molecule has 0 spiro atoms. The van der Waals surface area contributed by atoms with Crippen LogP contribution in [0.3, 0.4) is 0 Å². The predicted molar refractivity (Wildman–Crippen MR) is 135 cm³/mol. The van der Waals surface area contributed by atoms with Crippen LogP contribution in [0.2, 0.25) is 0 Å². The highest BCUT2D eigenvalue weighted by Gasteiger charge is 2.23. The van der Waals surface area contributed by atoms with Crippen molar-refractivity contribution in [3.63, 3.8) is 0 Å². The van der Waals surface area contributed by atoms with Gasteiger partial charge in [-0.3, -0.25) is 4.79 Å². The number of hydrogen-bond acceptors (Lipinski definition) is 4. The van der Waals surface area contributed by atoms with Crippen molar-refractivity contribution in [1.82, 2.24) is 15.7 Å². The van der Waals surface area contributed by atoms with E-state index in [1.807, 2.05) is 85.1 Å². The van der Waals surface area contributed by atoms with Crippen molar-refractivity contribution in [2.24, 2.45) is 5.10 Å². The number of para-hydroxylation sites is 1. The molecule has 1 atom stereocenters. The second-order valence-corrected chi connectivity index (χ2v) is 8.52. The summed E-state index contributed by atoms with van der Waals surface area (Å²) < 4.78 is 6.27. The first-order chi connectivity index (χ1) is 16.6. The Morgan fingerprint density at radius 1 is 1.00 bits per heavy atom. The number of hydrogen-bond donors (Lipinski definition) is 3. The third-order valence-corrected chi connectivity index (χ3v) is 5.71. The van der Waals surface area contributed by atoms with Crippen LogP contribution in [0.1, 0.15) is 16.7 Å². The molecular formula is C26H23BrN4O3. The smallest absolute Gasteiger partial charge is 0.408 e. The molecule has 172 valence electrons. The summed E-state index contributed by atoms with van der Waals surface area (Å²) in [4.78, 5) is 28.6. The Hall–Kier alpha value is -3.91. The molecule has 8 heteroatoms. The normalized spacial score (nSPS) is 11.9. The first-order valence-corrected chi connectivity index (χ1v) is 11.5. The van der Waals surface area contributed by atoms with Crippen LogP contribution in [0.25, 0.3) is 10.9 Å². The van der Waals surface area contributed by atoms with Crippen LogP contribution < -0.4 is 10.7 Å². The number of halogens is 1. The lowest BCUT2D eigenvalue weighted by molar-refractivity contribution is -0.123. The van der Waals surface area contributed by atoms with Crippen LogP contribution in [0.5, 0.6) is 0 Å². The highest BCUT2D eigenvalue weighted by atomic mass is 79.9. The number of carbonyl (C=O) groups excluding carboxylic acids is 2. The molecule has 0 unspecified atom stereocenters. The lowest BCUT2D eigenvalue weighted by Crippen LogP contribution is -2.47. The number of nitrogens with one attached hydrogen (secondary N) is 3. The van der Waals surface area contributed by atoms with Crippen molar-refractivity contribution in [2.45, 2.75) is 19.1 Å². The maximum absolute atomic E-state index is 12.9. The monoisotopic (exact) mass is 518 g/mol. The summed E-state index contributed by atoms with van der Waals surface area (Å²) >= 11 is 3.38. The molecule has 3 aromatic carbocycles. The molecule has 3 N–H and O–H groups in total. The van der Waals surface area contributed by atoms with Gasteiger partial charge in [-0.05, 0) is 34.9 Å². The number of aromatic nitrogens is 1. The summed E-state index contributed by atoms with van der Waals surface area (Å²) in [5.74, 6) is -0.449. The third-order valence-electron chi connectivity index (χ3n) is 5.18. The van der Waals surface area contributed by atoms with E-state index in [-0.39, 0.29) is 13.0 Å². The molecule has 0 bridgehead atoms. The Morgan fingerprint density at radius 3 is 2.53 bits per heavy atom. The van der Waals surface area contributed by atoms with Crippen molar-refractivity contribution in [1.29, 1.82) is 0 Å². The number of rotatable bonds is 8. The highest BCUT2D eigenvalue weighted by molar-refractivity contribution is 9.10. The Balaban J connectivity index is 1.45. The highest BCUT2D eigenvalue weighted by Crippen LogP contribution is 2.19. The molecule has 0 aliphatic heterocycles.